The summed E-state index contributed by atoms with van der Waals surface area (Å²) in [6, 6.07) is 12.2. The van der Waals surface area contributed by atoms with Crippen molar-refractivity contribution in [3.8, 4) is 11.5 Å². The van der Waals surface area contributed by atoms with E-state index in [1.807, 2.05) is 32.0 Å². The van der Waals surface area contributed by atoms with Crippen LogP contribution in [0.25, 0.3) is 0 Å². The number of carboxylic acid groups (broad SMARTS) is 1. The Balaban J connectivity index is 1.79. The molecule has 2 aromatic carbocycles. The third-order valence-corrected chi connectivity index (χ3v) is 3.02. The number of aryl methyl sites for hydroxylation is 2. The fourth-order valence-corrected chi connectivity index (χ4v) is 1.97. The molecule has 5 nitrogen and oxygen atoms in total. The molecule has 5 heteroatoms. The Morgan fingerprint density at radius 1 is 1.05 bits per heavy atom. The molecule has 2 rings (SSSR count). The maximum atomic E-state index is 11.0. The molecule has 0 aliphatic rings. The number of carbonyl (C=O) groups is 1. The minimum Gasteiger partial charge on any atom is -0.491 e. The number of benzene rings is 2. The smallest absolute Gasteiger partial charge is 0.339 e. The van der Waals surface area contributed by atoms with Gasteiger partial charge in [-0.3, -0.25) is 0 Å². The average molecular weight is 302 g/mol. The zero-order valence-corrected chi connectivity index (χ0v) is 12.5. The van der Waals surface area contributed by atoms with E-state index < -0.39 is 5.97 Å². The lowest BCUT2D eigenvalue weighted by Gasteiger charge is -2.10. The summed E-state index contributed by atoms with van der Waals surface area (Å²) in [5, 5.41) is 9.01. The lowest BCUT2D eigenvalue weighted by atomic mass is 10.1. The fourth-order valence-electron chi connectivity index (χ4n) is 1.97. The van der Waals surface area contributed by atoms with Gasteiger partial charge in [0.2, 0.25) is 0 Å². The summed E-state index contributed by atoms with van der Waals surface area (Å²) in [6.07, 6.45) is 0. The van der Waals surface area contributed by atoms with Crippen LogP contribution in [0.15, 0.2) is 42.5 Å². The first kappa shape index (κ1) is 15.9. The average Bonchev–Trinajstić information content (AvgIpc) is 2.49. The first-order chi connectivity index (χ1) is 10.6. The second-order valence-corrected chi connectivity index (χ2v) is 4.82. The van der Waals surface area contributed by atoms with Crippen LogP contribution in [0.2, 0.25) is 0 Å². The molecular formula is C17H18O5. The third kappa shape index (κ3) is 4.23. The van der Waals surface area contributed by atoms with Gasteiger partial charge in [-0.25, -0.2) is 4.79 Å². The number of ether oxygens (including phenoxy) is 1. The summed E-state index contributed by atoms with van der Waals surface area (Å²) in [5.74, 6) is -0.104. The van der Waals surface area contributed by atoms with Crippen LogP contribution in [0.1, 0.15) is 21.5 Å². The van der Waals surface area contributed by atoms with Crippen LogP contribution in [-0.4, -0.2) is 24.3 Å². The van der Waals surface area contributed by atoms with Crippen LogP contribution in [0, 0.1) is 13.8 Å². The van der Waals surface area contributed by atoms with Crippen LogP contribution < -0.4 is 9.62 Å². The molecule has 0 saturated heterocycles. The number of hydrogen-bond acceptors (Lipinski definition) is 4. The molecule has 0 unspecified atom stereocenters. The van der Waals surface area contributed by atoms with E-state index in [1.54, 1.807) is 12.1 Å². The third-order valence-electron chi connectivity index (χ3n) is 3.02. The second-order valence-electron chi connectivity index (χ2n) is 4.82. The zero-order valence-electron chi connectivity index (χ0n) is 12.5. The maximum absolute atomic E-state index is 11.0. The zero-order chi connectivity index (χ0) is 15.9. The van der Waals surface area contributed by atoms with Gasteiger partial charge in [-0.2, -0.15) is 4.89 Å². The van der Waals surface area contributed by atoms with Crippen LogP contribution in [0.4, 0.5) is 0 Å². The Labute approximate surface area is 129 Å². The van der Waals surface area contributed by atoms with Crippen molar-refractivity contribution >= 4 is 5.97 Å². The fraction of sp³-hybridized carbons (Fsp3) is 0.235. The molecule has 22 heavy (non-hydrogen) atoms. The Bertz CT molecular complexity index is 651. The Hall–Kier alpha value is -2.53. The van der Waals surface area contributed by atoms with Crippen molar-refractivity contribution in [2.75, 3.05) is 13.2 Å². The molecule has 2 aromatic rings. The summed E-state index contributed by atoms with van der Waals surface area (Å²) < 4.78 is 5.59. The first-order valence-electron chi connectivity index (χ1n) is 6.90. The predicted octanol–water partition coefficient (Wildman–Crippen LogP) is 3.39. The van der Waals surface area contributed by atoms with Gasteiger partial charge in [0.25, 0.3) is 0 Å². The van der Waals surface area contributed by atoms with Gasteiger partial charge in [0.05, 0.1) is 0 Å². The standard InChI is InChI=1S/C17H18O5/c1-12-7-8-15(13(2)11-12)20-9-10-21-22-16-6-4-3-5-14(16)17(18)19/h3-8,11H,9-10H2,1-2H3,(H,18,19). The van der Waals surface area contributed by atoms with Crippen LogP contribution in [0.5, 0.6) is 11.5 Å². The van der Waals surface area contributed by atoms with Crippen molar-refractivity contribution in [3.63, 3.8) is 0 Å². The van der Waals surface area contributed by atoms with Crippen molar-refractivity contribution in [1.29, 1.82) is 0 Å². The van der Waals surface area contributed by atoms with Crippen molar-refractivity contribution < 1.29 is 24.4 Å². The summed E-state index contributed by atoms with van der Waals surface area (Å²) in [7, 11) is 0. The van der Waals surface area contributed by atoms with Gasteiger partial charge < -0.3 is 14.7 Å². The van der Waals surface area contributed by atoms with Gasteiger partial charge in [0.15, 0.2) is 5.75 Å². The second kappa shape index (κ2) is 7.47. The molecule has 0 radical (unpaired) electrons. The van der Waals surface area contributed by atoms with E-state index in [4.69, 9.17) is 19.6 Å². The van der Waals surface area contributed by atoms with Crippen molar-refractivity contribution in [2.45, 2.75) is 13.8 Å². The normalized spacial score (nSPS) is 10.3. The summed E-state index contributed by atoms with van der Waals surface area (Å²) in [4.78, 5) is 21.0. The van der Waals surface area contributed by atoms with Gasteiger partial charge >= 0.3 is 5.97 Å². The predicted molar refractivity (Wildman–Crippen MR) is 81.4 cm³/mol. The van der Waals surface area contributed by atoms with E-state index in [0.29, 0.717) is 6.61 Å². The molecule has 116 valence electrons. The molecule has 0 heterocycles. The lowest BCUT2D eigenvalue weighted by molar-refractivity contribution is -0.211. The van der Waals surface area contributed by atoms with E-state index in [0.717, 1.165) is 11.3 Å². The van der Waals surface area contributed by atoms with Crippen LogP contribution in [-0.2, 0) is 4.89 Å². The molecule has 0 saturated carbocycles. The van der Waals surface area contributed by atoms with Gasteiger partial charge in [0.1, 0.15) is 24.5 Å². The van der Waals surface area contributed by atoms with Crippen LogP contribution in [0.3, 0.4) is 0 Å². The molecule has 1 N–H and O–H groups in total. The van der Waals surface area contributed by atoms with Crippen molar-refractivity contribution in [1.82, 2.24) is 0 Å². The number of hydrogen-bond donors (Lipinski definition) is 1. The SMILES string of the molecule is Cc1ccc(OCCOOc2ccccc2C(=O)O)c(C)c1. The summed E-state index contributed by atoms with van der Waals surface area (Å²) >= 11 is 0. The number of rotatable bonds is 7. The van der Waals surface area contributed by atoms with Crippen molar-refractivity contribution in [2.24, 2.45) is 0 Å². The van der Waals surface area contributed by atoms with Crippen molar-refractivity contribution in [3.05, 3.63) is 59.2 Å². The van der Waals surface area contributed by atoms with Gasteiger partial charge in [0, 0.05) is 0 Å². The Morgan fingerprint density at radius 3 is 2.55 bits per heavy atom. The quantitative estimate of drug-likeness (QED) is 0.482. The monoisotopic (exact) mass is 302 g/mol. The molecule has 0 bridgehead atoms. The number of aromatic carboxylic acids is 1. The Kier molecular flexibility index (Phi) is 5.38. The molecule has 0 spiro atoms. The van der Waals surface area contributed by atoms with E-state index in [9.17, 15) is 4.79 Å². The largest absolute Gasteiger partial charge is 0.491 e. The van der Waals surface area contributed by atoms with E-state index in [2.05, 4.69) is 0 Å². The molecule has 0 atom stereocenters. The topological polar surface area (TPSA) is 65.0 Å². The van der Waals surface area contributed by atoms with E-state index in [-0.39, 0.29) is 17.9 Å². The minimum atomic E-state index is -1.06. The maximum Gasteiger partial charge on any atom is 0.339 e. The highest BCUT2D eigenvalue weighted by molar-refractivity contribution is 5.90. The van der Waals surface area contributed by atoms with Crippen LogP contribution >= 0.6 is 0 Å². The highest BCUT2D eigenvalue weighted by Gasteiger charge is 2.10. The minimum absolute atomic E-state index is 0.0535. The first-order valence-corrected chi connectivity index (χ1v) is 6.90. The number of carboxylic acids is 1. The Morgan fingerprint density at radius 2 is 1.82 bits per heavy atom. The molecule has 0 aromatic heterocycles. The van der Waals surface area contributed by atoms with Gasteiger partial charge in [-0.1, -0.05) is 29.8 Å². The number of para-hydroxylation sites is 1. The molecule has 0 amide bonds. The lowest BCUT2D eigenvalue weighted by Crippen LogP contribution is -2.11. The summed E-state index contributed by atoms with van der Waals surface area (Å²) in [6.45, 7) is 4.48. The van der Waals surface area contributed by atoms with E-state index >= 15 is 0 Å². The summed E-state index contributed by atoms with van der Waals surface area (Å²) in [5.41, 5.74) is 2.28. The highest BCUT2D eigenvalue weighted by Crippen LogP contribution is 2.19. The molecular weight excluding hydrogens is 284 g/mol. The molecule has 0 aliphatic heterocycles. The van der Waals surface area contributed by atoms with Gasteiger partial charge in [-0.15, -0.1) is 0 Å². The highest BCUT2D eigenvalue weighted by atomic mass is 17.2. The van der Waals surface area contributed by atoms with Gasteiger partial charge in [-0.05, 0) is 37.6 Å². The molecule has 0 aliphatic carbocycles. The molecule has 0 fully saturated rings. The van der Waals surface area contributed by atoms with E-state index in [1.165, 1.54) is 17.7 Å².